The van der Waals surface area contributed by atoms with Crippen molar-refractivity contribution in [2.24, 2.45) is 0 Å². The SMILES string of the molecule is O=C(COC(=O)CCSc1ccc(Cl)cc1)NC[C@H]1CCCO1. The molecule has 1 amide bonds. The van der Waals surface area contributed by atoms with Crippen LogP contribution in [0.15, 0.2) is 29.2 Å². The van der Waals surface area contributed by atoms with E-state index in [1.807, 2.05) is 12.1 Å². The summed E-state index contributed by atoms with van der Waals surface area (Å²) in [5, 5.41) is 3.39. The molecule has 1 aromatic carbocycles. The van der Waals surface area contributed by atoms with Crippen molar-refractivity contribution >= 4 is 35.2 Å². The highest BCUT2D eigenvalue weighted by Gasteiger charge is 2.16. The van der Waals surface area contributed by atoms with Crippen LogP contribution in [-0.4, -0.2) is 43.5 Å². The van der Waals surface area contributed by atoms with Gasteiger partial charge in [0, 0.05) is 28.8 Å². The van der Waals surface area contributed by atoms with Gasteiger partial charge in [0.1, 0.15) is 0 Å². The van der Waals surface area contributed by atoms with E-state index in [4.69, 9.17) is 21.1 Å². The summed E-state index contributed by atoms with van der Waals surface area (Å²) in [7, 11) is 0. The molecule has 0 spiro atoms. The second-order valence-electron chi connectivity index (χ2n) is 5.15. The molecule has 1 saturated heterocycles. The van der Waals surface area contributed by atoms with Gasteiger partial charge in [-0.3, -0.25) is 9.59 Å². The lowest BCUT2D eigenvalue weighted by Crippen LogP contribution is -2.34. The van der Waals surface area contributed by atoms with Crippen LogP contribution in [0.3, 0.4) is 0 Å². The van der Waals surface area contributed by atoms with Crippen LogP contribution in [0.2, 0.25) is 5.02 Å². The van der Waals surface area contributed by atoms with Crippen LogP contribution in [0.5, 0.6) is 0 Å². The summed E-state index contributed by atoms with van der Waals surface area (Å²) >= 11 is 7.35. The van der Waals surface area contributed by atoms with E-state index in [-0.39, 0.29) is 31.0 Å². The third-order valence-electron chi connectivity index (χ3n) is 3.30. The Labute approximate surface area is 145 Å². The minimum atomic E-state index is -0.376. The number of nitrogens with one attached hydrogen (secondary N) is 1. The molecule has 1 atom stereocenters. The van der Waals surface area contributed by atoms with Crippen molar-refractivity contribution in [3.63, 3.8) is 0 Å². The highest BCUT2D eigenvalue weighted by Crippen LogP contribution is 2.20. The fourth-order valence-electron chi connectivity index (χ4n) is 2.09. The Bertz CT molecular complexity index is 517. The van der Waals surface area contributed by atoms with Gasteiger partial charge in [-0.25, -0.2) is 0 Å². The zero-order chi connectivity index (χ0) is 16.5. The number of thioether (sulfide) groups is 1. The molecule has 0 aliphatic carbocycles. The average molecular weight is 358 g/mol. The van der Waals surface area contributed by atoms with Gasteiger partial charge in [-0.15, -0.1) is 11.8 Å². The second kappa shape index (κ2) is 9.80. The molecule has 1 fully saturated rings. The Morgan fingerprint density at radius 1 is 1.35 bits per heavy atom. The molecule has 7 heteroatoms. The highest BCUT2D eigenvalue weighted by molar-refractivity contribution is 7.99. The topological polar surface area (TPSA) is 64.6 Å². The molecule has 1 aromatic rings. The number of carbonyl (C=O) groups is 2. The van der Waals surface area contributed by atoms with Gasteiger partial charge in [0.25, 0.3) is 5.91 Å². The highest BCUT2D eigenvalue weighted by atomic mass is 35.5. The quantitative estimate of drug-likeness (QED) is 0.572. The van der Waals surface area contributed by atoms with Gasteiger partial charge in [-0.2, -0.15) is 0 Å². The first kappa shape index (κ1) is 18.1. The molecule has 1 aliphatic heterocycles. The molecule has 2 rings (SSSR count). The molecule has 1 aliphatic rings. The third-order valence-corrected chi connectivity index (χ3v) is 4.57. The number of esters is 1. The Balaban J connectivity index is 1.53. The summed E-state index contributed by atoms with van der Waals surface area (Å²) < 4.78 is 10.3. The minimum Gasteiger partial charge on any atom is -0.456 e. The summed E-state index contributed by atoms with van der Waals surface area (Å²) in [5.41, 5.74) is 0. The summed E-state index contributed by atoms with van der Waals surface area (Å²) in [6.07, 6.45) is 2.33. The first-order valence-corrected chi connectivity index (χ1v) is 8.92. The Morgan fingerprint density at radius 2 is 2.13 bits per heavy atom. The number of halogens is 1. The van der Waals surface area contributed by atoms with Crippen molar-refractivity contribution in [2.75, 3.05) is 25.5 Å². The van der Waals surface area contributed by atoms with Crippen LogP contribution in [0, 0.1) is 0 Å². The molecule has 23 heavy (non-hydrogen) atoms. The van der Waals surface area contributed by atoms with Gasteiger partial charge >= 0.3 is 5.97 Å². The predicted octanol–water partition coefficient (Wildman–Crippen LogP) is 2.66. The van der Waals surface area contributed by atoms with Gasteiger partial charge in [-0.05, 0) is 37.1 Å². The molecule has 0 unspecified atom stereocenters. The molecule has 1 heterocycles. The van der Waals surface area contributed by atoms with E-state index in [1.54, 1.807) is 23.9 Å². The van der Waals surface area contributed by atoms with E-state index in [2.05, 4.69) is 5.32 Å². The maximum atomic E-state index is 11.6. The monoisotopic (exact) mass is 357 g/mol. The number of ether oxygens (including phenoxy) is 2. The molecule has 0 aromatic heterocycles. The van der Waals surface area contributed by atoms with Crippen LogP contribution in [0.1, 0.15) is 19.3 Å². The first-order chi connectivity index (χ1) is 11.1. The lowest BCUT2D eigenvalue weighted by molar-refractivity contribution is -0.148. The van der Waals surface area contributed by atoms with Crippen molar-refractivity contribution < 1.29 is 19.1 Å². The van der Waals surface area contributed by atoms with Crippen LogP contribution in [-0.2, 0) is 19.1 Å². The zero-order valence-corrected chi connectivity index (χ0v) is 14.3. The van der Waals surface area contributed by atoms with Gasteiger partial charge in [0.2, 0.25) is 0 Å². The Hall–Kier alpha value is -1.24. The van der Waals surface area contributed by atoms with Crippen molar-refractivity contribution in [3.8, 4) is 0 Å². The summed E-state index contributed by atoms with van der Waals surface area (Å²) in [6, 6.07) is 7.41. The first-order valence-electron chi connectivity index (χ1n) is 7.56. The number of carbonyl (C=O) groups excluding carboxylic acids is 2. The molecule has 126 valence electrons. The van der Waals surface area contributed by atoms with E-state index in [1.165, 1.54) is 0 Å². The van der Waals surface area contributed by atoms with Crippen molar-refractivity contribution in [1.29, 1.82) is 0 Å². The van der Waals surface area contributed by atoms with Crippen LogP contribution < -0.4 is 5.32 Å². The molecule has 0 saturated carbocycles. The third kappa shape index (κ3) is 7.24. The summed E-state index contributed by atoms with van der Waals surface area (Å²) in [5.74, 6) is -0.0733. The minimum absolute atomic E-state index is 0.0884. The standard InChI is InChI=1S/C16H20ClNO4S/c17-12-3-5-14(6-4-12)23-9-7-16(20)22-11-15(19)18-10-13-2-1-8-21-13/h3-6,13H,1-2,7-11H2,(H,18,19)/t13-/m1/s1. The zero-order valence-electron chi connectivity index (χ0n) is 12.8. The molecule has 0 radical (unpaired) electrons. The van der Waals surface area contributed by atoms with Crippen molar-refractivity contribution in [2.45, 2.75) is 30.3 Å². The van der Waals surface area contributed by atoms with Gasteiger partial charge in [0.15, 0.2) is 6.61 Å². The van der Waals surface area contributed by atoms with E-state index in [0.29, 0.717) is 17.3 Å². The van der Waals surface area contributed by atoms with E-state index in [0.717, 1.165) is 24.3 Å². The molecule has 0 bridgehead atoms. The second-order valence-corrected chi connectivity index (χ2v) is 6.76. The van der Waals surface area contributed by atoms with Crippen LogP contribution >= 0.6 is 23.4 Å². The van der Waals surface area contributed by atoms with Gasteiger partial charge < -0.3 is 14.8 Å². The van der Waals surface area contributed by atoms with Crippen LogP contribution in [0.25, 0.3) is 0 Å². The number of rotatable bonds is 8. The fourth-order valence-corrected chi connectivity index (χ4v) is 3.04. The smallest absolute Gasteiger partial charge is 0.307 e. The molecular weight excluding hydrogens is 338 g/mol. The Kier molecular flexibility index (Phi) is 7.71. The average Bonchev–Trinajstić information content (AvgIpc) is 3.06. The summed E-state index contributed by atoms with van der Waals surface area (Å²) in [6.45, 7) is 0.987. The number of benzene rings is 1. The number of amides is 1. The summed E-state index contributed by atoms with van der Waals surface area (Å²) in [4.78, 5) is 24.2. The fraction of sp³-hybridized carbons (Fsp3) is 0.500. The maximum Gasteiger partial charge on any atom is 0.307 e. The lowest BCUT2D eigenvalue weighted by Gasteiger charge is -2.10. The van der Waals surface area contributed by atoms with E-state index >= 15 is 0 Å². The van der Waals surface area contributed by atoms with E-state index < -0.39 is 0 Å². The predicted molar refractivity (Wildman–Crippen MR) is 89.7 cm³/mol. The molecule has 1 N–H and O–H groups in total. The van der Waals surface area contributed by atoms with Crippen molar-refractivity contribution in [1.82, 2.24) is 5.32 Å². The van der Waals surface area contributed by atoms with Crippen LogP contribution in [0.4, 0.5) is 0 Å². The van der Waals surface area contributed by atoms with E-state index in [9.17, 15) is 9.59 Å². The maximum absolute atomic E-state index is 11.6. The number of hydrogen-bond acceptors (Lipinski definition) is 5. The van der Waals surface area contributed by atoms with Gasteiger partial charge in [0.05, 0.1) is 12.5 Å². The molecular formula is C16H20ClNO4S. The van der Waals surface area contributed by atoms with Crippen molar-refractivity contribution in [3.05, 3.63) is 29.3 Å². The lowest BCUT2D eigenvalue weighted by atomic mass is 10.2. The molecule has 5 nitrogen and oxygen atoms in total. The largest absolute Gasteiger partial charge is 0.456 e. The number of hydrogen-bond donors (Lipinski definition) is 1. The Morgan fingerprint density at radius 3 is 2.83 bits per heavy atom. The normalized spacial score (nSPS) is 17.0. The van der Waals surface area contributed by atoms with Gasteiger partial charge in [-0.1, -0.05) is 11.6 Å².